The first-order valence-corrected chi connectivity index (χ1v) is 4.13. The van der Waals surface area contributed by atoms with Crippen LogP contribution in [0.3, 0.4) is 0 Å². The molecular weight excluding hydrogens is 126 g/mol. The molecule has 0 aliphatic rings. The minimum Gasteiger partial charge on any atom is -0.379 e. The largest absolute Gasteiger partial charge is 0.379 e. The molecule has 62 valence electrons. The zero-order chi connectivity index (χ0) is 7.82. The van der Waals surface area contributed by atoms with Crippen molar-refractivity contribution in [2.45, 2.75) is 39.2 Å². The van der Waals surface area contributed by atoms with Crippen LogP contribution in [0.4, 0.5) is 0 Å². The first kappa shape index (κ1) is 9.92. The fourth-order valence-electron chi connectivity index (χ4n) is 0.649. The van der Waals surface area contributed by atoms with Gasteiger partial charge in [0.2, 0.25) is 0 Å². The molecule has 0 fully saturated rings. The van der Waals surface area contributed by atoms with Gasteiger partial charge in [-0.05, 0) is 32.7 Å². The molecule has 0 bridgehead atoms. The lowest BCUT2D eigenvalue weighted by Gasteiger charge is -2.09. The summed E-state index contributed by atoms with van der Waals surface area (Å²) in [7, 11) is 0. The first-order chi connectivity index (χ1) is 4.81. The lowest BCUT2D eigenvalue weighted by atomic mass is 10.3. The second kappa shape index (κ2) is 7.03. The Labute approximate surface area is 63.7 Å². The number of nitrogens with two attached hydrogens (primary N) is 1. The van der Waals surface area contributed by atoms with Crippen molar-refractivity contribution >= 4 is 0 Å². The summed E-state index contributed by atoms with van der Waals surface area (Å²) in [5, 5.41) is 0. The van der Waals surface area contributed by atoms with Gasteiger partial charge < -0.3 is 10.5 Å². The number of hydrogen-bond acceptors (Lipinski definition) is 2. The molecule has 2 nitrogen and oxygen atoms in total. The van der Waals surface area contributed by atoms with Gasteiger partial charge in [0.15, 0.2) is 0 Å². The van der Waals surface area contributed by atoms with Crippen molar-refractivity contribution in [1.82, 2.24) is 0 Å². The van der Waals surface area contributed by atoms with Crippen LogP contribution in [0.5, 0.6) is 0 Å². The van der Waals surface area contributed by atoms with Gasteiger partial charge in [-0.15, -0.1) is 0 Å². The molecule has 0 aromatic heterocycles. The summed E-state index contributed by atoms with van der Waals surface area (Å²) in [6.07, 6.45) is 3.69. The fraction of sp³-hybridized carbons (Fsp3) is 1.00. The topological polar surface area (TPSA) is 35.2 Å². The Kier molecular flexibility index (Phi) is 6.98. The van der Waals surface area contributed by atoms with Crippen molar-refractivity contribution < 1.29 is 4.74 Å². The van der Waals surface area contributed by atoms with E-state index in [1.54, 1.807) is 0 Å². The molecule has 0 saturated carbocycles. The van der Waals surface area contributed by atoms with Crippen LogP contribution in [0.2, 0.25) is 0 Å². The van der Waals surface area contributed by atoms with Gasteiger partial charge in [0, 0.05) is 6.61 Å². The second-order valence-corrected chi connectivity index (χ2v) is 2.59. The number of rotatable bonds is 6. The molecule has 0 aliphatic carbocycles. The van der Waals surface area contributed by atoms with Crippen LogP contribution in [0.25, 0.3) is 0 Å². The van der Waals surface area contributed by atoms with Gasteiger partial charge >= 0.3 is 0 Å². The lowest BCUT2D eigenvalue weighted by Crippen LogP contribution is -2.08. The van der Waals surface area contributed by atoms with Crippen molar-refractivity contribution in [2.75, 3.05) is 13.2 Å². The van der Waals surface area contributed by atoms with Crippen molar-refractivity contribution in [1.29, 1.82) is 0 Å². The van der Waals surface area contributed by atoms with Crippen LogP contribution in [0.15, 0.2) is 0 Å². The monoisotopic (exact) mass is 145 g/mol. The van der Waals surface area contributed by atoms with Crippen LogP contribution in [-0.2, 0) is 4.74 Å². The molecule has 0 aromatic rings. The van der Waals surface area contributed by atoms with Crippen LogP contribution < -0.4 is 5.73 Å². The van der Waals surface area contributed by atoms with Crippen molar-refractivity contribution in [3.8, 4) is 0 Å². The molecule has 0 heterocycles. The molecule has 1 unspecified atom stereocenters. The highest BCUT2D eigenvalue weighted by atomic mass is 16.5. The van der Waals surface area contributed by atoms with Gasteiger partial charge in [0.1, 0.15) is 0 Å². The highest BCUT2D eigenvalue weighted by molar-refractivity contribution is 4.45. The normalized spacial score (nSPS) is 13.5. The van der Waals surface area contributed by atoms with Gasteiger partial charge in [-0.3, -0.25) is 0 Å². The van der Waals surface area contributed by atoms with E-state index in [0.29, 0.717) is 6.10 Å². The SMILES string of the molecule is CCC(C)OCCCCN. The standard InChI is InChI=1S/C8H19NO/c1-3-8(2)10-7-5-4-6-9/h8H,3-7,9H2,1-2H3. The van der Waals surface area contributed by atoms with Crippen LogP contribution in [0, 0.1) is 0 Å². The van der Waals surface area contributed by atoms with Gasteiger partial charge in [0.25, 0.3) is 0 Å². The maximum absolute atomic E-state index is 5.44. The number of unbranched alkanes of at least 4 members (excludes halogenated alkanes) is 1. The Morgan fingerprint density at radius 2 is 2.10 bits per heavy atom. The third kappa shape index (κ3) is 6.05. The van der Waals surface area contributed by atoms with Gasteiger partial charge in [-0.25, -0.2) is 0 Å². The molecular formula is C8H19NO. The highest BCUT2D eigenvalue weighted by Crippen LogP contribution is 1.97. The Bertz CT molecular complexity index is 66.3. The predicted molar refractivity (Wildman–Crippen MR) is 44.0 cm³/mol. The molecule has 0 spiro atoms. The van der Waals surface area contributed by atoms with Crippen molar-refractivity contribution in [3.05, 3.63) is 0 Å². The second-order valence-electron chi connectivity index (χ2n) is 2.59. The maximum atomic E-state index is 5.44. The van der Waals surface area contributed by atoms with Gasteiger partial charge in [-0.1, -0.05) is 6.92 Å². The van der Waals surface area contributed by atoms with Crippen LogP contribution >= 0.6 is 0 Å². The van der Waals surface area contributed by atoms with E-state index < -0.39 is 0 Å². The molecule has 10 heavy (non-hydrogen) atoms. The van der Waals surface area contributed by atoms with E-state index >= 15 is 0 Å². The minimum atomic E-state index is 0.415. The summed E-state index contributed by atoms with van der Waals surface area (Å²) in [5.41, 5.74) is 5.32. The molecule has 2 N–H and O–H groups in total. The number of hydrogen-bond donors (Lipinski definition) is 1. The average molecular weight is 145 g/mol. The Morgan fingerprint density at radius 3 is 2.60 bits per heavy atom. The Balaban J connectivity index is 2.89. The van der Waals surface area contributed by atoms with E-state index in [-0.39, 0.29) is 0 Å². The van der Waals surface area contributed by atoms with Gasteiger partial charge in [0.05, 0.1) is 6.10 Å². The maximum Gasteiger partial charge on any atom is 0.0544 e. The third-order valence-corrected chi connectivity index (χ3v) is 1.58. The van der Waals surface area contributed by atoms with E-state index in [1.165, 1.54) is 0 Å². The zero-order valence-electron chi connectivity index (χ0n) is 7.10. The summed E-state index contributed by atoms with van der Waals surface area (Å²) < 4.78 is 5.44. The molecule has 0 saturated heterocycles. The minimum absolute atomic E-state index is 0.415. The first-order valence-electron chi connectivity index (χ1n) is 4.13. The van der Waals surface area contributed by atoms with E-state index in [0.717, 1.165) is 32.4 Å². The Morgan fingerprint density at radius 1 is 1.40 bits per heavy atom. The third-order valence-electron chi connectivity index (χ3n) is 1.58. The molecule has 0 radical (unpaired) electrons. The van der Waals surface area contributed by atoms with E-state index in [1.807, 2.05) is 0 Å². The van der Waals surface area contributed by atoms with Crippen molar-refractivity contribution in [2.24, 2.45) is 5.73 Å². The molecule has 0 rings (SSSR count). The Hall–Kier alpha value is -0.0800. The van der Waals surface area contributed by atoms with Crippen LogP contribution in [0.1, 0.15) is 33.1 Å². The molecule has 0 aliphatic heterocycles. The number of ether oxygens (including phenoxy) is 1. The van der Waals surface area contributed by atoms with E-state index in [4.69, 9.17) is 10.5 Å². The summed E-state index contributed by atoms with van der Waals surface area (Å²) >= 11 is 0. The highest BCUT2D eigenvalue weighted by Gasteiger charge is 1.95. The van der Waals surface area contributed by atoms with E-state index in [9.17, 15) is 0 Å². The molecule has 2 heteroatoms. The van der Waals surface area contributed by atoms with Crippen molar-refractivity contribution in [3.63, 3.8) is 0 Å². The molecule has 0 amide bonds. The summed E-state index contributed by atoms with van der Waals surface area (Å²) in [6.45, 7) is 5.88. The van der Waals surface area contributed by atoms with Crippen LogP contribution in [-0.4, -0.2) is 19.3 Å². The zero-order valence-corrected chi connectivity index (χ0v) is 7.10. The summed E-state index contributed by atoms with van der Waals surface area (Å²) in [5.74, 6) is 0. The smallest absolute Gasteiger partial charge is 0.0544 e. The fourth-order valence-corrected chi connectivity index (χ4v) is 0.649. The molecule has 1 atom stereocenters. The average Bonchev–Trinajstić information content (AvgIpc) is 1.98. The summed E-state index contributed by atoms with van der Waals surface area (Å²) in [6, 6.07) is 0. The predicted octanol–water partition coefficient (Wildman–Crippen LogP) is 1.54. The summed E-state index contributed by atoms with van der Waals surface area (Å²) in [4.78, 5) is 0. The quantitative estimate of drug-likeness (QED) is 0.575. The lowest BCUT2D eigenvalue weighted by molar-refractivity contribution is 0.0614. The van der Waals surface area contributed by atoms with E-state index in [2.05, 4.69) is 13.8 Å². The van der Waals surface area contributed by atoms with Gasteiger partial charge in [-0.2, -0.15) is 0 Å². The molecule has 0 aromatic carbocycles.